The van der Waals surface area contributed by atoms with Crippen LogP contribution in [-0.4, -0.2) is 17.6 Å². The van der Waals surface area contributed by atoms with Crippen LogP contribution in [0.15, 0.2) is 0 Å². The lowest BCUT2D eigenvalue weighted by molar-refractivity contribution is -0.155. The third-order valence-electron chi connectivity index (χ3n) is 1.80. The van der Waals surface area contributed by atoms with Crippen LogP contribution in [-0.2, 0) is 9.53 Å². The first-order chi connectivity index (χ1) is 6.35. The average Bonchev–Trinajstić information content (AvgIpc) is 1.98. The van der Waals surface area contributed by atoms with Gasteiger partial charge in [0.05, 0.1) is 0 Å². The molecule has 0 saturated carbocycles. The quantitative estimate of drug-likeness (QED) is 0.694. The molecule has 0 heterocycles. The SMILES string of the molecule is CCCC(N)CCC(=O)OC(C)(C)C. The Balaban J connectivity index is 3.64. The molecule has 0 aliphatic carbocycles. The van der Waals surface area contributed by atoms with E-state index in [1.54, 1.807) is 0 Å². The van der Waals surface area contributed by atoms with Crippen LogP contribution in [0.2, 0.25) is 0 Å². The van der Waals surface area contributed by atoms with Crippen molar-refractivity contribution >= 4 is 5.97 Å². The lowest BCUT2D eigenvalue weighted by Crippen LogP contribution is -2.26. The summed E-state index contributed by atoms with van der Waals surface area (Å²) in [4.78, 5) is 11.3. The van der Waals surface area contributed by atoms with Gasteiger partial charge in [-0.15, -0.1) is 0 Å². The van der Waals surface area contributed by atoms with Gasteiger partial charge >= 0.3 is 5.97 Å². The molecule has 0 aliphatic rings. The molecule has 0 aromatic carbocycles. The van der Waals surface area contributed by atoms with E-state index in [-0.39, 0.29) is 17.6 Å². The zero-order chi connectivity index (χ0) is 11.2. The van der Waals surface area contributed by atoms with Gasteiger partial charge in [-0.1, -0.05) is 13.3 Å². The predicted octanol–water partition coefficient (Wildman–Crippen LogP) is 2.24. The molecule has 1 atom stereocenters. The number of nitrogens with two attached hydrogens (primary N) is 1. The molecule has 0 amide bonds. The van der Waals surface area contributed by atoms with E-state index in [4.69, 9.17) is 10.5 Å². The Morgan fingerprint density at radius 1 is 1.36 bits per heavy atom. The second kappa shape index (κ2) is 6.02. The van der Waals surface area contributed by atoms with Gasteiger partial charge in [-0.2, -0.15) is 0 Å². The van der Waals surface area contributed by atoms with Crippen molar-refractivity contribution in [2.24, 2.45) is 5.73 Å². The van der Waals surface area contributed by atoms with E-state index < -0.39 is 0 Å². The van der Waals surface area contributed by atoms with E-state index in [2.05, 4.69) is 6.92 Å². The smallest absolute Gasteiger partial charge is 0.306 e. The van der Waals surface area contributed by atoms with Crippen molar-refractivity contribution in [3.63, 3.8) is 0 Å². The van der Waals surface area contributed by atoms with Crippen LogP contribution < -0.4 is 5.73 Å². The lowest BCUT2D eigenvalue weighted by Gasteiger charge is -2.20. The molecule has 0 aliphatic heterocycles. The van der Waals surface area contributed by atoms with E-state index in [9.17, 15) is 4.79 Å². The number of rotatable bonds is 5. The predicted molar refractivity (Wildman–Crippen MR) is 58.0 cm³/mol. The van der Waals surface area contributed by atoms with Gasteiger partial charge < -0.3 is 10.5 Å². The maximum atomic E-state index is 11.3. The topological polar surface area (TPSA) is 52.3 Å². The van der Waals surface area contributed by atoms with Crippen molar-refractivity contribution in [2.75, 3.05) is 0 Å². The second-order valence-corrected chi connectivity index (χ2v) is 4.67. The first-order valence-corrected chi connectivity index (χ1v) is 5.32. The monoisotopic (exact) mass is 201 g/mol. The van der Waals surface area contributed by atoms with Gasteiger partial charge in [-0.3, -0.25) is 4.79 Å². The molecule has 1 unspecified atom stereocenters. The second-order valence-electron chi connectivity index (χ2n) is 4.67. The first-order valence-electron chi connectivity index (χ1n) is 5.32. The average molecular weight is 201 g/mol. The van der Waals surface area contributed by atoms with Crippen molar-refractivity contribution in [1.29, 1.82) is 0 Å². The maximum Gasteiger partial charge on any atom is 0.306 e. The summed E-state index contributed by atoms with van der Waals surface area (Å²) in [7, 11) is 0. The fourth-order valence-corrected chi connectivity index (χ4v) is 1.21. The number of carbonyl (C=O) groups is 1. The minimum absolute atomic E-state index is 0.132. The van der Waals surface area contributed by atoms with Gasteiger partial charge in [0.15, 0.2) is 0 Å². The third-order valence-corrected chi connectivity index (χ3v) is 1.80. The molecular formula is C11H23NO2. The third kappa shape index (κ3) is 8.05. The van der Waals surface area contributed by atoms with Crippen molar-refractivity contribution in [3.8, 4) is 0 Å². The Labute approximate surface area is 87.0 Å². The Hall–Kier alpha value is -0.570. The largest absolute Gasteiger partial charge is 0.460 e. The molecule has 0 radical (unpaired) electrons. The Kier molecular flexibility index (Phi) is 5.77. The highest BCUT2D eigenvalue weighted by atomic mass is 16.6. The van der Waals surface area contributed by atoms with Crippen molar-refractivity contribution in [3.05, 3.63) is 0 Å². The summed E-state index contributed by atoms with van der Waals surface area (Å²) in [6.07, 6.45) is 3.19. The molecule has 0 aromatic heterocycles. The maximum absolute atomic E-state index is 11.3. The minimum Gasteiger partial charge on any atom is -0.460 e. The molecule has 0 saturated heterocycles. The summed E-state index contributed by atoms with van der Waals surface area (Å²) in [5.41, 5.74) is 5.41. The number of hydrogen-bond acceptors (Lipinski definition) is 3. The fourth-order valence-electron chi connectivity index (χ4n) is 1.21. The van der Waals surface area contributed by atoms with E-state index in [1.807, 2.05) is 20.8 Å². The van der Waals surface area contributed by atoms with Gasteiger partial charge in [-0.05, 0) is 33.6 Å². The van der Waals surface area contributed by atoms with Crippen LogP contribution >= 0.6 is 0 Å². The highest BCUT2D eigenvalue weighted by molar-refractivity contribution is 5.69. The molecule has 3 heteroatoms. The summed E-state index contributed by atoms with van der Waals surface area (Å²) < 4.78 is 5.17. The van der Waals surface area contributed by atoms with Gasteiger partial charge in [0.25, 0.3) is 0 Å². The van der Waals surface area contributed by atoms with Crippen molar-refractivity contribution in [1.82, 2.24) is 0 Å². The molecule has 0 fully saturated rings. The fraction of sp³-hybridized carbons (Fsp3) is 0.909. The number of esters is 1. The zero-order valence-corrected chi connectivity index (χ0v) is 9.80. The lowest BCUT2D eigenvalue weighted by atomic mass is 10.1. The molecule has 2 N–H and O–H groups in total. The van der Waals surface area contributed by atoms with Crippen LogP contribution in [0, 0.1) is 0 Å². The zero-order valence-electron chi connectivity index (χ0n) is 9.80. The van der Waals surface area contributed by atoms with Crippen LogP contribution in [0.5, 0.6) is 0 Å². The summed E-state index contributed by atoms with van der Waals surface area (Å²) in [6, 6.07) is 0.132. The van der Waals surface area contributed by atoms with Crippen molar-refractivity contribution in [2.45, 2.75) is 65.0 Å². The molecule has 0 rings (SSSR count). The Bertz CT molecular complexity index is 173. The van der Waals surface area contributed by atoms with Gasteiger partial charge in [0.2, 0.25) is 0 Å². The molecule has 3 nitrogen and oxygen atoms in total. The van der Waals surface area contributed by atoms with Gasteiger partial charge in [-0.25, -0.2) is 0 Å². The first kappa shape index (κ1) is 13.4. The van der Waals surface area contributed by atoms with Gasteiger partial charge in [0.1, 0.15) is 5.60 Å². The van der Waals surface area contributed by atoms with E-state index >= 15 is 0 Å². The number of hydrogen-bond donors (Lipinski definition) is 1. The van der Waals surface area contributed by atoms with Gasteiger partial charge in [0, 0.05) is 12.5 Å². The van der Waals surface area contributed by atoms with E-state index in [0.29, 0.717) is 6.42 Å². The summed E-state index contributed by atoms with van der Waals surface area (Å²) >= 11 is 0. The number of carbonyl (C=O) groups excluding carboxylic acids is 1. The molecule has 0 spiro atoms. The highest BCUT2D eigenvalue weighted by Crippen LogP contribution is 2.10. The Morgan fingerprint density at radius 2 is 1.93 bits per heavy atom. The molecule has 84 valence electrons. The van der Waals surface area contributed by atoms with Crippen LogP contribution in [0.1, 0.15) is 53.4 Å². The van der Waals surface area contributed by atoms with Crippen LogP contribution in [0.3, 0.4) is 0 Å². The minimum atomic E-state index is -0.383. The normalized spacial score (nSPS) is 13.8. The summed E-state index contributed by atoms with van der Waals surface area (Å²) in [5, 5.41) is 0. The number of ether oxygens (including phenoxy) is 1. The molecule has 14 heavy (non-hydrogen) atoms. The van der Waals surface area contributed by atoms with E-state index in [1.165, 1.54) is 0 Å². The highest BCUT2D eigenvalue weighted by Gasteiger charge is 2.16. The Morgan fingerprint density at radius 3 is 2.36 bits per heavy atom. The standard InChI is InChI=1S/C11H23NO2/c1-5-6-9(12)7-8-10(13)14-11(2,3)4/h9H,5-8,12H2,1-4H3. The van der Waals surface area contributed by atoms with Crippen molar-refractivity contribution < 1.29 is 9.53 Å². The molecular weight excluding hydrogens is 178 g/mol. The summed E-state index contributed by atoms with van der Waals surface area (Å²) in [5.74, 6) is -0.149. The van der Waals surface area contributed by atoms with E-state index in [0.717, 1.165) is 19.3 Å². The molecule has 0 bridgehead atoms. The van der Waals surface area contributed by atoms with Crippen LogP contribution in [0.25, 0.3) is 0 Å². The summed E-state index contributed by atoms with van der Waals surface area (Å²) in [6.45, 7) is 7.71. The van der Waals surface area contributed by atoms with Crippen LogP contribution in [0.4, 0.5) is 0 Å². The molecule has 0 aromatic rings.